The molecule has 1 heterocycles. The molecule has 1 amide bonds. The van der Waals surface area contributed by atoms with Crippen LogP contribution in [0.15, 0.2) is 18.2 Å². The first-order valence-electron chi connectivity index (χ1n) is 5.56. The van der Waals surface area contributed by atoms with E-state index in [1.807, 2.05) is 4.90 Å². The predicted molar refractivity (Wildman–Crippen MR) is 66.8 cm³/mol. The second kappa shape index (κ2) is 3.92. The Bertz CT molecular complexity index is 457. The first kappa shape index (κ1) is 11.7. The largest absolute Gasteiger partial charge is 0.399 e. The third-order valence-corrected chi connectivity index (χ3v) is 3.08. The number of benzene rings is 1. The molecule has 2 rings (SSSR count). The van der Waals surface area contributed by atoms with Crippen molar-refractivity contribution in [2.75, 3.05) is 23.7 Å². The first-order valence-corrected chi connectivity index (χ1v) is 5.56. The molecule has 5 heteroatoms. The summed E-state index contributed by atoms with van der Waals surface area (Å²) in [4.78, 5) is 13.3. The van der Waals surface area contributed by atoms with Crippen LogP contribution >= 0.6 is 0 Å². The SMILES string of the molecule is CC1(O)CCN(c2ccc(N)cc2C(N)=O)C1. The lowest BCUT2D eigenvalue weighted by Gasteiger charge is -2.22. The van der Waals surface area contributed by atoms with Gasteiger partial charge < -0.3 is 21.5 Å². The Balaban J connectivity index is 2.36. The van der Waals surface area contributed by atoms with E-state index < -0.39 is 11.5 Å². The van der Waals surface area contributed by atoms with Crippen LogP contribution in [-0.4, -0.2) is 29.7 Å². The highest BCUT2D eigenvalue weighted by molar-refractivity contribution is 5.99. The molecule has 1 aromatic rings. The van der Waals surface area contributed by atoms with Crippen LogP contribution in [0.5, 0.6) is 0 Å². The number of rotatable bonds is 2. The molecule has 0 spiro atoms. The van der Waals surface area contributed by atoms with E-state index in [0.29, 0.717) is 30.8 Å². The third-order valence-electron chi connectivity index (χ3n) is 3.08. The number of anilines is 2. The average molecular weight is 235 g/mol. The first-order chi connectivity index (χ1) is 7.89. The predicted octanol–water partition coefficient (Wildman–Crippen LogP) is 0.329. The van der Waals surface area contributed by atoms with E-state index in [-0.39, 0.29) is 0 Å². The number of nitrogens with two attached hydrogens (primary N) is 2. The van der Waals surface area contributed by atoms with Crippen molar-refractivity contribution < 1.29 is 9.90 Å². The molecule has 0 bridgehead atoms. The van der Waals surface area contributed by atoms with Gasteiger partial charge in [0.15, 0.2) is 0 Å². The molecule has 5 N–H and O–H groups in total. The van der Waals surface area contributed by atoms with Gasteiger partial charge in [-0.1, -0.05) is 0 Å². The van der Waals surface area contributed by atoms with E-state index in [2.05, 4.69) is 0 Å². The van der Waals surface area contributed by atoms with E-state index in [1.165, 1.54) is 0 Å². The van der Waals surface area contributed by atoms with Crippen molar-refractivity contribution in [3.05, 3.63) is 23.8 Å². The molecule has 1 atom stereocenters. The number of nitrogen functional groups attached to an aromatic ring is 1. The van der Waals surface area contributed by atoms with Crippen LogP contribution in [0, 0.1) is 0 Å². The second-order valence-corrected chi connectivity index (χ2v) is 4.81. The van der Waals surface area contributed by atoms with Crippen LogP contribution in [0.2, 0.25) is 0 Å². The highest BCUT2D eigenvalue weighted by Crippen LogP contribution is 2.30. The number of hydrogen-bond acceptors (Lipinski definition) is 4. The van der Waals surface area contributed by atoms with Gasteiger partial charge in [-0.3, -0.25) is 4.79 Å². The lowest BCUT2D eigenvalue weighted by Crippen LogP contribution is -2.30. The molecule has 0 radical (unpaired) electrons. The normalized spacial score (nSPS) is 24.0. The quantitative estimate of drug-likeness (QED) is 0.644. The van der Waals surface area contributed by atoms with Gasteiger partial charge in [-0.05, 0) is 31.5 Å². The fourth-order valence-electron chi connectivity index (χ4n) is 2.18. The van der Waals surface area contributed by atoms with Gasteiger partial charge in [0.1, 0.15) is 0 Å². The molecular weight excluding hydrogens is 218 g/mol. The monoisotopic (exact) mass is 235 g/mol. The van der Waals surface area contributed by atoms with Crippen LogP contribution in [0.3, 0.4) is 0 Å². The fourth-order valence-corrected chi connectivity index (χ4v) is 2.18. The minimum absolute atomic E-state index is 0.405. The Morgan fingerprint density at radius 2 is 2.24 bits per heavy atom. The molecule has 1 unspecified atom stereocenters. The maximum Gasteiger partial charge on any atom is 0.250 e. The molecule has 0 saturated carbocycles. The van der Waals surface area contributed by atoms with Crippen LogP contribution in [0.25, 0.3) is 0 Å². The summed E-state index contributed by atoms with van der Waals surface area (Å²) in [5.74, 6) is -0.501. The van der Waals surface area contributed by atoms with Crippen LogP contribution < -0.4 is 16.4 Å². The summed E-state index contributed by atoms with van der Waals surface area (Å²) >= 11 is 0. The summed E-state index contributed by atoms with van der Waals surface area (Å²) in [6.45, 7) is 2.99. The Kier molecular flexibility index (Phi) is 2.71. The zero-order chi connectivity index (χ0) is 12.6. The van der Waals surface area contributed by atoms with Crippen LogP contribution in [-0.2, 0) is 0 Å². The fraction of sp³-hybridized carbons (Fsp3) is 0.417. The van der Waals surface area contributed by atoms with E-state index in [9.17, 15) is 9.90 Å². The summed E-state index contributed by atoms with van der Waals surface area (Å²) in [5.41, 5.74) is 11.9. The van der Waals surface area contributed by atoms with E-state index in [1.54, 1.807) is 25.1 Å². The third kappa shape index (κ3) is 2.34. The smallest absolute Gasteiger partial charge is 0.250 e. The van der Waals surface area contributed by atoms with Gasteiger partial charge in [0, 0.05) is 24.5 Å². The molecular formula is C12H17N3O2. The summed E-state index contributed by atoms with van der Waals surface area (Å²) in [5, 5.41) is 9.93. The van der Waals surface area contributed by atoms with Gasteiger partial charge in [0.2, 0.25) is 0 Å². The van der Waals surface area contributed by atoms with Crippen LogP contribution in [0.4, 0.5) is 11.4 Å². The number of carbonyl (C=O) groups excluding carboxylic acids is 1. The molecule has 5 nitrogen and oxygen atoms in total. The minimum atomic E-state index is -0.712. The number of carbonyl (C=O) groups is 1. The van der Waals surface area contributed by atoms with Crippen molar-refractivity contribution in [2.45, 2.75) is 18.9 Å². The summed E-state index contributed by atoms with van der Waals surface area (Å²) in [7, 11) is 0. The minimum Gasteiger partial charge on any atom is -0.399 e. The Morgan fingerprint density at radius 3 is 2.76 bits per heavy atom. The molecule has 17 heavy (non-hydrogen) atoms. The highest BCUT2D eigenvalue weighted by Gasteiger charge is 2.32. The van der Waals surface area contributed by atoms with Gasteiger partial charge in [-0.15, -0.1) is 0 Å². The molecule has 1 aromatic carbocycles. The van der Waals surface area contributed by atoms with Gasteiger partial charge in [0.05, 0.1) is 11.2 Å². The summed E-state index contributed by atoms with van der Waals surface area (Å²) in [6, 6.07) is 5.08. The van der Waals surface area contributed by atoms with Gasteiger partial charge in [-0.2, -0.15) is 0 Å². The molecule has 0 aromatic heterocycles. The number of hydrogen-bond donors (Lipinski definition) is 3. The average Bonchev–Trinajstić information content (AvgIpc) is 2.58. The summed E-state index contributed by atoms with van der Waals surface area (Å²) < 4.78 is 0. The van der Waals surface area contributed by atoms with Crippen molar-refractivity contribution in [3.8, 4) is 0 Å². The number of β-amino-alcohol motifs (C(OH)–C–C–N with tert-alkyl or cyclic N) is 1. The molecule has 0 aliphatic carbocycles. The molecule has 1 aliphatic rings. The zero-order valence-corrected chi connectivity index (χ0v) is 9.81. The van der Waals surface area contributed by atoms with Crippen molar-refractivity contribution in [3.63, 3.8) is 0 Å². The Hall–Kier alpha value is -1.75. The molecule has 1 saturated heterocycles. The second-order valence-electron chi connectivity index (χ2n) is 4.81. The van der Waals surface area contributed by atoms with Crippen molar-refractivity contribution >= 4 is 17.3 Å². The van der Waals surface area contributed by atoms with Gasteiger partial charge >= 0.3 is 0 Å². The van der Waals surface area contributed by atoms with Crippen molar-refractivity contribution in [2.24, 2.45) is 5.73 Å². The topological polar surface area (TPSA) is 92.6 Å². The van der Waals surface area contributed by atoms with E-state index in [4.69, 9.17) is 11.5 Å². The maximum atomic E-state index is 11.4. The van der Waals surface area contributed by atoms with Crippen LogP contribution in [0.1, 0.15) is 23.7 Å². The van der Waals surface area contributed by atoms with E-state index in [0.717, 1.165) is 5.69 Å². The Labute approximate surface area is 100 Å². The Morgan fingerprint density at radius 1 is 1.53 bits per heavy atom. The maximum absolute atomic E-state index is 11.4. The molecule has 92 valence electrons. The van der Waals surface area contributed by atoms with Gasteiger partial charge in [0.25, 0.3) is 5.91 Å². The summed E-state index contributed by atoms with van der Waals surface area (Å²) in [6.07, 6.45) is 0.676. The molecule has 1 fully saturated rings. The standard InChI is InChI=1S/C12H17N3O2/c1-12(17)4-5-15(7-12)10-3-2-8(13)6-9(10)11(14)16/h2-3,6,17H,4-5,7,13H2,1H3,(H2,14,16). The van der Waals surface area contributed by atoms with Crippen molar-refractivity contribution in [1.82, 2.24) is 0 Å². The number of aliphatic hydroxyl groups is 1. The lowest BCUT2D eigenvalue weighted by atomic mass is 10.1. The van der Waals surface area contributed by atoms with E-state index >= 15 is 0 Å². The number of nitrogens with zero attached hydrogens (tertiary/aromatic N) is 1. The highest BCUT2D eigenvalue weighted by atomic mass is 16.3. The van der Waals surface area contributed by atoms with Crippen molar-refractivity contribution in [1.29, 1.82) is 0 Å². The zero-order valence-electron chi connectivity index (χ0n) is 9.81. The lowest BCUT2D eigenvalue weighted by molar-refractivity contribution is 0.0838. The molecule has 1 aliphatic heterocycles. The number of primary amides is 1. The van der Waals surface area contributed by atoms with Gasteiger partial charge in [-0.25, -0.2) is 0 Å². The number of amides is 1.